The molecule has 1 atom stereocenters. The molecule has 1 unspecified atom stereocenters. The van der Waals surface area contributed by atoms with Crippen LogP contribution in [0, 0.1) is 18.6 Å². The van der Waals surface area contributed by atoms with Gasteiger partial charge in [0.05, 0.1) is 6.04 Å². The molecule has 0 aliphatic rings. The second-order valence-electron chi connectivity index (χ2n) is 4.67. The third kappa shape index (κ3) is 3.17. The van der Waals surface area contributed by atoms with Crippen molar-refractivity contribution in [2.45, 2.75) is 19.9 Å². The largest absolute Gasteiger partial charge is 0.306 e. The molecule has 0 aromatic heterocycles. The van der Waals surface area contributed by atoms with Crippen molar-refractivity contribution in [2.24, 2.45) is 0 Å². The molecule has 0 spiro atoms. The summed E-state index contributed by atoms with van der Waals surface area (Å²) in [6, 6.07) is 9.19. The van der Waals surface area contributed by atoms with Crippen molar-refractivity contribution in [3.63, 3.8) is 0 Å². The lowest BCUT2D eigenvalue weighted by Crippen LogP contribution is -2.23. The van der Waals surface area contributed by atoms with Gasteiger partial charge in [-0.2, -0.15) is 0 Å². The molecule has 2 aromatic carbocycles. The lowest BCUT2D eigenvalue weighted by molar-refractivity contribution is 0.541. The molecule has 0 radical (unpaired) electrons. The maximum atomic E-state index is 14.2. The minimum Gasteiger partial charge on any atom is -0.306 e. The molecule has 0 saturated heterocycles. The van der Waals surface area contributed by atoms with Crippen LogP contribution < -0.4 is 5.32 Å². The van der Waals surface area contributed by atoms with E-state index in [1.165, 1.54) is 12.1 Å². The van der Waals surface area contributed by atoms with Gasteiger partial charge in [0, 0.05) is 10.6 Å². The van der Waals surface area contributed by atoms with Crippen molar-refractivity contribution >= 4 is 11.6 Å². The Balaban J connectivity index is 2.51. The summed E-state index contributed by atoms with van der Waals surface area (Å²) in [6.07, 6.45) is 0. The first-order chi connectivity index (χ1) is 9.52. The van der Waals surface area contributed by atoms with Crippen molar-refractivity contribution in [2.75, 3.05) is 6.54 Å². The molecule has 0 saturated carbocycles. The second kappa shape index (κ2) is 6.33. The third-order valence-corrected chi connectivity index (χ3v) is 3.41. The number of hydrogen-bond acceptors (Lipinski definition) is 1. The predicted octanol–water partition coefficient (Wildman–Crippen LogP) is 4.63. The van der Waals surface area contributed by atoms with Crippen LogP contribution in [0.4, 0.5) is 8.78 Å². The van der Waals surface area contributed by atoms with Crippen molar-refractivity contribution in [1.82, 2.24) is 5.32 Å². The van der Waals surface area contributed by atoms with Crippen molar-refractivity contribution in [3.05, 3.63) is 69.7 Å². The van der Waals surface area contributed by atoms with E-state index < -0.39 is 17.7 Å². The lowest BCUT2D eigenvalue weighted by Gasteiger charge is -2.20. The molecule has 2 rings (SSSR count). The normalized spacial score (nSPS) is 12.4. The van der Waals surface area contributed by atoms with Gasteiger partial charge in [-0.3, -0.25) is 0 Å². The standard InChI is InChI=1S/C16H16ClF2N/c1-3-20-16(11-5-4-6-12(17)8-11)13-9-14(18)10(2)7-15(13)19/h4-9,16,20H,3H2,1-2H3. The van der Waals surface area contributed by atoms with Crippen molar-refractivity contribution in [3.8, 4) is 0 Å². The molecule has 0 fully saturated rings. The summed E-state index contributed by atoms with van der Waals surface area (Å²) in [5.74, 6) is -0.832. The van der Waals surface area contributed by atoms with E-state index in [-0.39, 0.29) is 5.56 Å². The molecule has 1 N–H and O–H groups in total. The quantitative estimate of drug-likeness (QED) is 0.867. The Morgan fingerprint density at radius 2 is 1.90 bits per heavy atom. The topological polar surface area (TPSA) is 12.0 Å². The van der Waals surface area contributed by atoms with E-state index in [1.807, 2.05) is 13.0 Å². The Bertz CT molecular complexity index is 613. The van der Waals surface area contributed by atoms with Crippen LogP contribution >= 0.6 is 11.6 Å². The van der Waals surface area contributed by atoms with Crippen molar-refractivity contribution in [1.29, 1.82) is 0 Å². The van der Waals surface area contributed by atoms with Crippen LogP contribution in [0.2, 0.25) is 5.02 Å². The average Bonchev–Trinajstić information content (AvgIpc) is 2.40. The highest BCUT2D eigenvalue weighted by atomic mass is 35.5. The first-order valence-corrected chi connectivity index (χ1v) is 6.85. The molecule has 0 aliphatic heterocycles. The summed E-state index contributed by atoms with van der Waals surface area (Å²) in [5.41, 5.74) is 1.39. The summed E-state index contributed by atoms with van der Waals surface area (Å²) >= 11 is 5.98. The number of halogens is 3. The van der Waals surface area contributed by atoms with E-state index in [0.717, 1.165) is 5.56 Å². The van der Waals surface area contributed by atoms with E-state index in [2.05, 4.69) is 5.32 Å². The molecule has 2 aromatic rings. The molecular weight excluding hydrogens is 280 g/mol. The van der Waals surface area contributed by atoms with Crippen LogP contribution in [-0.4, -0.2) is 6.54 Å². The summed E-state index contributed by atoms with van der Waals surface area (Å²) in [4.78, 5) is 0. The van der Waals surface area contributed by atoms with Crippen LogP contribution in [0.15, 0.2) is 36.4 Å². The third-order valence-electron chi connectivity index (χ3n) is 3.18. The minimum atomic E-state index is -0.422. The Hall–Kier alpha value is -1.45. The molecule has 106 valence electrons. The molecule has 0 bridgehead atoms. The average molecular weight is 296 g/mol. The van der Waals surface area contributed by atoms with E-state index in [0.29, 0.717) is 17.1 Å². The second-order valence-corrected chi connectivity index (χ2v) is 5.11. The summed E-state index contributed by atoms with van der Waals surface area (Å²) < 4.78 is 27.9. The molecule has 1 nitrogen and oxygen atoms in total. The van der Waals surface area contributed by atoms with Gasteiger partial charge >= 0.3 is 0 Å². The Labute approximate surface area is 122 Å². The SMILES string of the molecule is CCNC(c1cccc(Cl)c1)c1cc(F)c(C)cc1F. The molecule has 0 amide bonds. The monoisotopic (exact) mass is 295 g/mol. The molecule has 20 heavy (non-hydrogen) atoms. The highest BCUT2D eigenvalue weighted by Crippen LogP contribution is 2.28. The van der Waals surface area contributed by atoms with Gasteiger partial charge in [-0.1, -0.05) is 30.7 Å². The maximum Gasteiger partial charge on any atom is 0.128 e. The molecular formula is C16H16ClF2N. The zero-order valence-electron chi connectivity index (χ0n) is 11.4. The summed E-state index contributed by atoms with van der Waals surface area (Å²) in [5, 5.41) is 3.73. The van der Waals surface area contributed by atoms with Crippen molar-refractivity contribution < 1.29 is 8.78 Å². The zero-order valence-corrected chi connectivity index (χ0v) is 12.1. The fourth-order valence-corrected chi connectivity index (χ4v) is 2.38. The van der Waals surface area contributed by atoms with Crippen LogP contribution in [0.3, 0.4) is 0 Å². The van der Waals surface area contributed by atoms with Crippen LogP contribution in [0.25, 0.3) is 0 Å². The minimum absolute atomic E-state index is 0.289. The van der Waals surface area contributed by atoms with Crippen LogP contribution in [-0.2, 0) is 0 Å². The van der Waals surface area contributed by atoms with E-state index >= 15 is 0 Å². The number of hydrogen-bond donors (Lipinski definition) is 1. The Morgan fingerprint density at radius 1 is 1.15 bits per heavy atom. The first kappa shape index (κ1) is 14.9. The van der Waals surface area contributed by atoms with Gasteiger partial charge in [-0.25, -0.2) is 8.78 Å². The van der Waals surface area contributed by atoms with Gasteiger partial charge in [0.1, 0.15) is 11.6 Å². The Kier molecular flexibility index (Phi) is 4.73. The summed E-state index contributed by atoms with van der Waals surface area (Å²) in [7, 11) is 0. The van der Waals surface area contributed by atoms with Gasteiger partial charge in [0.25, 0.3) is 0 Å². The van der Waals surface area contributed by atoms with E-state index in [9.17, 15) is 8.78 Å². The molecule has 0 heterocycles. The zero-order chi connectivity index (χ0) is 14.7. The maximum absolute atomic E-state index is 14.2. The van der Waals surface area contributed by atoms with Gasteiger partial charge in [0.15, 0.2) is 0 Å². The van der Waals surface area contributed by atoms with Gasteiger partial charge in [0.2, 0.25) is 0 Å². The van der Waals surface area contributed by atoms with Gasteiger partial charge in [-0.05, 0) is 48.9 Å². The van der Waals surface area contributed by atoms with Gasteiger partial charge < -0.3 is 5.32 Å². The van der Waals surface area contributed by atoms with E-state index in [4.69, 9.17) is 11.6 Å². The number of aryl methyl sites for hydroxylation is 1. The first-order valence-electron chi connectivity index (χ1n) is 6.47. The Morgan fingerprint density at radius 3 is 2.55 bits per heavy atom. The van der Waals surface area contributed by atoms with Crippen LogP contribution in [0.1, 0.15) is 29.7 Å². The fourth-order valence-electron chi connectivity index (χ4n) is 2.18. The molecule has 0 aliphatic carbocycles. The number of nitrogens with one attached hydrogen (secondary N) is 1. The predicted molar refractivity (Wildman–Crippen MR) is 78.1 cm³/mol. The highest BCUT2D eigenvalue weighted by molar-refractivity contribution is 6.30. The smallest absolute Gasteiger partial charge is 0.128 e. The lowest BCUT2D eigenvalue weighted by atomic mass is 9.97. The summed E-state index contributed by atoms with van der Waals surface area (Å²) in [6.45, 7) is 4.09. The number of benzene rings is 2. The van der Waals surface area contributed by atoms with Gasteiger partial charge in [-0.15, -0.1) is 0 Å². The highest BCUT2D eigenvalue weighted by Gasteiger charge is 2.19. The fraction of sp³-hybridized carbons (Fsp3) is 0.250. The van der Waals surface area contributed by atoms with E-state index in [1.54, 1.807) is 25.1 Å². The molecule has 4 heteroatoms. The van der Waals surface area contributed by atoms with Crippen LogP contribution in [0.5, 0.6) is 0 Å². The number of rotatable bonds is 4.